The van der Waals surface area contributed by atoms with Gasteiger partial charge in [0.2, 0.25) is 0 Å². The van der Waals surface area contributed by atoms with Crippen molar-refractivity contribution < 1.29 is 14.7 Å². The molecule has 1 fully saturated rings. The minimum absolute atomic E-state index is 0.287. The number of urea groups is 1. The van der Waals surface area contributed by atoms with Crippen LogP contribution in [0, 0.1) is 0 Å². The Balaban J connectivity index is 2.60. The molecule has 0 aromatic heterocycles. The van der Waals surface area contributed by atoms with Gasteiger partial charge in [-0.05, 0) is 13.3 Å². The summed E-state index contributed by atoms with van der Waals surface area (Å²) in [7, 11) is 0. The third-order valence-corrected chi connectivity index (χ3v) is 3.01. The number of carbonyl (C=O) groups excluding carboxylic acids is 1. The van der Waals surface area contributed by atoms with E-state index < -0.39 is 11.5 Å². The largest absolute Gasteiger partial charge is 0.480 e. The van der Waals surface area contributed by atoms with E-state index >= 15 is 0 Å². The molecule has 1 saturated heterocycles. The minimum Gasteiger partial charge on any atom is -0.480 e. The van der Waals surface area contributed by atoms with Gasteiger partial charge in [-0.2, -0.15) is 0 Å². The van der Waals surface area contributed by atoms with E-state index in [0.717, 1.165) is 13.1 Å². The minimum atomic E-state index is -1.17. The summed E-state index contributed by atoms with van der Waals surface area (Å²) in [5.74, 6) is -0.983. The van der Waals surface area contributed by atoms with Gasteiger partial charge in [0, 0.05) is 26.2 Å². The average molecular weight is 243 g/mol. The van der Waals surface area contributed by atoms with E-state index in [1.807, 2.05) is 6.92 Å². The van der Waals surface area contributed by atoms with Crippen LogP contribution in [0.3, 0.4) is 0 Å². The quantitative estimate of drug-likeness (QED) is 0.661. The molecule has 17 heavy (non-hydrogen) atoms. The van der Waals surface area contributed by atoms with E-state index in [-0.39, 0.29) is 6.03 Å². The number of hydrogen-bond donors (Lipinski definition) is 3. The van der Waals surface area contributed by atoms with E-state index in [2.05, 4.69) is 10.6 Å². The number of rotatable bonds is 4. The molecule has 0 aliphatic carbocycles. The summed E-state index contributed by atoms with van der Waals surface area (Å²) in [6.07, 6.45) is 1.14. The zero-order valence-corrected chi connectivity index (χ0v) is 10.5. The number of carboxylic acid groups (broad SMARTS) is 1. The van der Waals surface area contributed by atoms with Crippen LogP contribution in [0.1, 0.15) is 26.7 Å². The second-order valence-electron chi connectivity index (χ2n) is 4.55. The van der Waals surface area contributed by atoms with Gasteiger partial charge >= 0.3 is 12.0 Å². The van der Waals surface area contributed by atoms with Crippen LogP contribution in [0.5, 0.6) is 0 Å². The number of carboxylic acids is 1. The second kappa shape index (κ2) is 5.86. The molecule has 6 nitrogen and oxygen atoms in total. The van der Waals surface area contributed by atoms with Crippen LogP contribution in [0.2, 0.25) is 0 Å². The van der Waals surface area contributed by atoms with Gasteiger partial charge in [0.1, 0.15) is 5.54 Å². The average Bonchev–Trinajstić information content (AvgIpc) is 2.30. The van der Waals surface area contributed by atoms with Gasteiger partial charge in [0.25, 0.3) is 0 Å². The predicted molar refractivity (Wildman–Crippen MR) is 63.9 cm³/mol. The van der Waals surface area contributed by atoms with Crippen LogP contribution in [-0.4, -0.2) is 53.7 Å². The fraction of sp³-hybridized carbons (Fsp3) is 0.818. The molecule has 0 aromatic rings. The van der Waals surface area contributed by atoms with Crippen molar-refractivity contribution >= 4 is 12.0 Å². The lowest BCUT2D eigenvalue weighted by molar-refractivity contribution is -0.144. The van der Waals surface area contributed by atoms with Crippen molar-refractivity contribution in [3.05, 3.63) is 0 Å². The van der Waals surface area contributed by atoms with Crippen LogP contribution >= 0.6 is 0 Å². The summed E-state index contributed by atoms with van der Waals surface area (Å²) in [6, 6.07) is -0.287. The number of hydrogen-bond acceptors (Lipinski definition) is 3. The molecule has 0 saturated carbocycles. The van der Waals surface area contributed by atoms with Crippen LogP contribution in [-0.2, 0) is 4.79 Å². The van der Waals surface area contributed by atoms with Crippen molar-refractivity contribution in [1.29, 1.82) is 0 Å². The molecule has 1 atom stereocenters. The monoisotopic (exact) mass is 243 g/mol. The van der Waals surface area contributed by atoms with E-state index in [1.165, 1.54) is 0 Å². The first-order valence-electron chi connectivity index (χ1n) is 6.01. The highest BCUT2D eigenvalue weighted by atomic mass is 16.4. The van der Waals surface area contributed by atoms with Crippen LogP contribution in [0.4, 0.5) is 4.79 Å². The third kappa shape index (κ3) is 3.59. The summed E-state index contributed by atoms with van der Waals surface area (Å²) in [6.45, 7) is 6.20. The number of carbonyl (C=O) groups is 2. The number of nitrogens with zero attached hydrogens (tertiary/aromatic N) is 1. The molecule has 1 unspecified atom stereocenters. The summed E-state index contributed by atoms with van der Waals surface area (Å²) < 4.78 is 0. The Kier molecular flexibility index (Phi) is 4.74. The summed E-state index contributed by atoms with van der Waals surface area (Å²) in [4.78, 5) is 24.7. The zero-order valence-electron chi connectivity index (χ0n) is 10.5. The SMILES string of the molecule is CCCC(C)(NC(=O)N1CCNCC1)C(=O)O. The molecule has 1 aliphatic rings. The van der Waals surface area contributed by atoms with Crippen molar-refractivity contribution in [1.82, 2.24) is 15.5 Å². The topological polar surface area (TPSA) is 81.7 Å². The smallest absolute Gasteiger partial charge is 0.329 e. The van der Waals surface area contributed by atoms with E-state index in [4.69, 9.17) is 5.11 Å². The first kappa shape index (κ1) is 13.8. The summed E-state index contributed by atoms with van der Waals surface area (Å²) in [5, 5.41) is 14.9. The molecule has 2 amide bonds. The van der Waals surface area contributed by atoms with Crippen molar-refractivity contribution in [2.24, 2.45) is 0 Å². The number of aliphatic carboxylic acids is 1. The molecular weight excluding hydrogens is 222 g/mol. The normalized spacial score (nSPS) is 19.5. The Bertz CT molecular complexity index is 290. The van der Waals surface area contributed by atoms with Crippen molar-refractivity contribution in [2.75, 3.05) is 26.2 Å². The van der Waals surface area contributed by atoms with Gasteiger partial charge in [-0.15, -0.1) is 0 Å². The van der Waals surface area contributed by atoms with Gasteiger partial charge in [-0.1, -0.05) is 13.3 Å². The second-order valence-corrected chi connectivity index (χ2v) is 4.55. The number of amides is 2. The molecule has 6 heteroatoms. The van der Waals surface area contributed by atoms with Gasteiger partial charge in [-0.25, -0.2) is 9.59 Å². The highest BCUT2D eigenvalue weighted by Gasteiger charge is 2.35. The third-order valence-electron chi connectivity index (χ3n) is 3.01. The Hall–Kier alpha value is -1.30. The molecule has 1 rings (SSSR count). The van der Waals surface area contributed by atoms with Crippen molar-refractivity contribution in [2.45, 2.75) is 32.2 Å². The molecule has 0 spiro atoms. The molecule has 0 radical (unpaired) electrons. The van der Waals surface area contributed by atoms with Gasteiger partial charge in [0.05, 0.1) is 0 Å². The fourth-order valence-corrected chi connectivity index (χ4v) is 1.91. The van der Waals surface area contributed by atoms with Crippen molar-refractivity contribution in [3.63, 3.8) is 0 Å². The summed E-state index contributed by atoms with van der Waals surface area (Å²) >= 11 is 0. The number of piperazine rings is 1. The van der Waals surface area contributed by atoms with Crippen LogP contribution in [0.15, 0.2) is 0 Å². The highest BCUT2D eigenvalue weighted by Crippen LogP contribution is 2.13. The Labute approximate surface area is 101 Å². The maximum atomic E-state index is 11.9. The lowest BCUT2D eigenvalue weighted by atomic mass is 9.96. The van der Waals surface area contributed by atoms with E-state index in [9.17, 15) is 9.59 Å². The van der Waals surface area contributed by atoms with Gasteiger partial charge in [-0.3, -0.25) is 0 Å². The Morgan fingerprint density at radius 3 is 2.47 bits per heavy atom. The lowest BCUT2D eigenvalue weighted by Crippen LogP contribution is -2.58. The molecule has 1 aliphatic heterocycles. The number of nitrogens with one attached hydrogen (secondary N) is 2. The highest BCUT2D eigenvalue weighted by molar-refractivity contribution is 5.85. The fourth-order valence-electron chi connectivity index (χ4n) is 1.91. The summed E-state index contributed by atoms with van der Waals surface area (Å²) in [5.41, 5.74) is -1.17. The van der Waals surface area contributed by atoms with Gasteiger partial charge in [0.15, 0.2) is 0 Å². The van der Waals surface area contributed by atoms with Crippen molar-refractivity contribution in [3.8, 4) is 0 Å². The molecule has 0 aromatic carbocycles. The lowest BCUT2D eigenvalue weighted by Gasteiger charge is -2.32. The van der Waals surface area contributed by atoms with E-state index in [0.29, 0.717) is 25.9 Å². The zero-order chi connectivity index (χ0) is 12.9. The molecule has 98 valence electrons. The maximum Gasteiger partial charge on any atom is 0.329 e. The molecule has 3 N–H and O–H groups in total. The maximum absolute atomic E-state index is 11.9. The Morgan fingerprint density at radius 2 is 2.00 bits per heavy atom. The molecular formula is C11H21N3O3. The van der Waals surface area contributed by atoms with Crippen LogP contribution in [0.25, 0.3) is 0 Å². The molecule has 0 bridgehead atoms. The Morgan fingerprint density at radius 1 is 1.41 bits per heavy atom. The first-order valence-corrected chi connectivity index (χ1v) is 6.01. The van der Waals surface area contributed by atoms with Crippen LogP contribution < -0.4 is 10.6 Å². The van der Waals surface area contributed by atoms with E-state index in [1.54, 1.807) is 11.8 Å². The predicted octanol–water partition coefficient (Wildman–Crippen LogP) is 0.245. The van der Waals surface area contributed by atoms with Gasteiger partial charge < -0.3 is 20.6 Å². The standard InChI is InChI=1S/C11H21N3O3/c1-3-4-11(2,9(15)16)13-10(17)14-7-5-12-6-8-14/h12H,3-8H2,1-2H3,(H,13,17)(H,15,16). The first-order chi connectivity index (χ1) is 7.99. The molecule has 1 heterocycles.